The van der Waals surface area contributed by atoms with E-state index in [4.69, 9.17) is 0 Å². The lowest BCUT2D eigenvalue weighted by atomic mass is 9.73. The molecular formula is C19H28N4O3. The molecule has 0 aliphatic carbocycles. The second-order valence-corrected chi connectivity index (χ2v) is 8.12. The van der Waals surface area contributed by atoms with Gasteiger partial charge in [0, 0.05) is 44.2 Å². The molecule has 1 N–H and O–H groups in total. The van der Waals surface area contributed by atoms with E-state index in [1.807, 2.05) is 9.80 Å². The molecule has 2 fully saturated rings. The van der Waals surface area contributed by atoms with E-state index in [1.54, 1.807) is 0 Å². The number of carbonyl (C=O) groups excluding carboxylic acids is 2. The lowest BCUT2D eigenvalue weighted by Crippen LogP contribution is -2.55. The molecule has 1 aromatic rings. The first kappa shape index (κ1) is 18.6. The maximum atomic E-state index is 12.8. The average Bonchev–Trinajstić information content (AvgIpc) is 2.63. The third kappa shape index (κ3) is 4.14. The number of aromatic nitrogens is 2. The lowest BCUT2D eigenvalue weighted by molar-refractivity contribution is -0.139. The van der Waals surface area contributed by atoms with Gasteiger partial charge in [0.15, 0.2) is 0 Å². The zero-order valence-electron chi connectivity index (χ0n) is 15.7. The van der Waals surface area contributed by atoms with Gasteiger partial charge >= 0.3 is 0 Å². The van der Waals surface area contributed by atoms with Crippen molar-refractivity contribution in [1.82, 2.24) is 19.8 Å². The topological polar surface area (TPSA) is 86.4 Å². The Morgan fingerprint density at radius 3 is 2.81 bits per heavy atom. The molecule has 26 heavy (non-hydrogen) atoms. The minimum atomic E-state index is -0.316. The number of rotatable bonds is 4. The number of likely N-dealkylation sites (tertiary alicyclic amines) is 2. The summed E-state index contributed by atoms with van der Waals surface area (Å²) in [6.45, 7) is 7.22. The molecule has 3 rings (SSSR count). The standard InChI is InChI=1S/C19H28N4O3/c1-14(2)5-9-22-12-19(7-4-17(22)25)6-3-8-23(13-19)18(26)15-10-21-16(24)11-20-15/h10-11,14H,3-9,12-13H2,1-2H3,(H,21,24)/t19-/m1/s1. The molecule has 0 unspecified atom stereocenters. The van der Waals surface area contributed by atoms with E-state index in [1.165, 1.54) is 6.20 Å². The van der Waals surface area contributed by atoms with Gasteiger partial charge < -0.3 is 14.8 Å². The molecule has 2 saturated heterocycles. The molecule has 7 heteroatoms. The van der Waals surface area contributed by atoms with Gasteiger partial charge in [-0.25, -0.2) is 4.98 Å². The monoisotopic (exact) mass is 360 g/mol. The van der Waals surface area contributed by atoms with E-state index in [0.29, 0.717) is 25.4 Å². The van der Waals surface area contributed by atoms with Crippen LogP contribution in [0.2, 0.25) is 0 Å². The second kappa shape index (κ2) is 7.60. The number of aromatic amines is 1. The average molecular weight is 360 g/mol. The highest BCUT2D eigenvalue weighted by Crippen LogP contribution is 2.39. The SMILES string of the molecule is CC(C)CCN1C[C@@]2(CCCN(C(=O)c3c[nH]c(=O)cn3)C2)CCC1=O. The number of nitrogens with one attached hydrogen (secondary N) is 1. The Labute approximate surface area is 153 Å². The van der Waals surface area contributed by atoms with Crippen LogP contribution in [0.25, 0.3) is 0 Å². The second-order valence-electron chi connectivity index (χ2n) is 8.12. The molecule has 0 radical (unpaired) electrons. The van der Waals surface area contributed by atoms with Crippen LogP contribution in [-0.4, -0.2) is 57.8 Å². The number of amides is 2. The van der Waals surface area contributed by atoms with Crippen LogP contribution in [0.1, 0.15) is 56.4 Å². The highest BCUT2D eigenvalue weighted by molar-refractivity contribution is 5.92. The van der Waals surface area contributed by atoms with E-state index in [9.17, 15) is 14.4 Å². The summed E-state index contributed by atoms with van der Waals surface area (Å²) in [7, 11) is 0. The fraction of sp³-hybridized carbons (Fsp3) is 0.684. The largest absolute Gasteiger partial charge is 0.342 e. The Bertz CT molecular complexity index is 709. The van der Waals surface area contributed by atoms with Crippen molar-refractivity contribution in [3.05, 3.63) is 28.4 Å². The molecule has 1 atom stereocenters. The molecule has 1 aromatic heterocycles. The first-order valence-electron chi connectivity index (χ1n) is 9.50. The summed E-state index contributed by atoms with van der Waals surface area (Å²) < 4.78 is 0. The van der Waals surface area contributed by atoms with Crippen molar-refractivity contribution in [2.45, 2.75) is 46.0 Å². The first-order valence-corrected chi connectivity index (χ1v) is 9.50. The molecule has 7 nitrogen and oxygen atoms in total. The fourth-order valence-corrected chi connectivity index (χ4v) is 4.06. The van der Waals surface area contributed by atoms with Crippen molar-refractivity contribution in [3.8, 4) is 0 Å². The molecule has 2 aliphatic rings. The Morgan fingerprint density at radius 2 is 2.12 bits per heavy atom. The Kier molecular flexibility index (Phi) is 5.44. The van der Waals surface area contributed by atoms with Crippen molar-refractivity contribution in [2.24, 2.45) is 11.3 Å². The van der Waals surface area contributed by atoms with Gasteiger partial charge in [0.1, 0.15) is 5.69 Å². The summed E-state index contributed by atoms with van der Waals surface area (Å²) in [6.07, 6.45) is 6.91. The molecule has 0 aromatic carbocycles. The smallest absolute Gasteiger partial charge is 0.273 e. The lowest BCUT2D eigenvalue weighted by Gasteiger charge is -2.48. The summed E-state index contributed by atoms with van der Waals surface area (Å²) >= 11 is 0. The summed E-state index contributed by atoms with van der Waals surface area (Å²) in [6, 6.07) is 0. The Morgan fingerprint density at radius 1 is 1.31 bits per heavy atom. The first-order chi connectivity index (χ1) is 12.4. The van der Waals surface area contributed by atoms with Gasteiger partial charge in [0.05, 0.1) is 6.20 Å². The van der Waals surface area contributed by atoms with E-state index in [2.05, 4.69) is 23.8 Å². The summed E-state index contributed by atoms with van der Waals surface area (Å²) in [4.78, 5) is 46.5. The third-order valence-electron chi connectivity index (χ3n) is 5.56. The Hall–Kier alpha value is -2.18. The van der Waals surface area contributed by atoms with Crippen LogP contribution in [-0.2, 0) is 4.79 Å². The zero-order chi connectivity index (χ0) is 18.7. The van der Waals surface area contributed by atoms with Gasteiger partial charge in [-0.15, -0.1) is 0 Å². The predicted molar refractivity (Wildman–Crippen MR) is 97.7 cm³/mol. The minimum absolute atomic E-state index is 0.0129. The van der Waals surface area contributed by atoms with Crippen LogP contribution >= 0.6 is 0 Å². The van der Waals surface area contributed by atoms with E-state index >= 15 is 0 Å². The van der Waals surface area contributed by atoms with Gasteiger partial charge in [-0.1, -0.05) is 13.8 Å². The van der Waals surface area contributed by atoms with Crippen molar-refractivity contribution in [3.63, 3.8) is 0 Å². The van der Waals surface area contributed by atoms with Crippen LogP contribution in [0.5, 0.6) is 0 Å². The minimum Gasteiger partial charge on any atom is -0.342 e. The number of carbonyl (C=O) groups is 2. The molecule has 3 heterocycles. The van der Waals surface area contributed by atoms with Gasteiger partial charge in [0.2, 0.25) is 5.91 Å². The number of hydrogen-bond donors (Lipinski definition) is 1. The maximum absolute atomic E-state index is 12.8. The number of nitrogens with zero attached hydrogens (tertiary/aromatic N) is 3. The zero-order valence-corrected chi connectivity index (χ0v) is 15.7. The van der Waals surface area contributed by atoms with Gasteiger partial charge in [-0.2, -0.15) is 0 Å². The molecule has 2 aliphatic heterocycles. The van der Waals surface area contributed by atoms with Crippen molar-refractivity contribution >= 4 is 11.8 Å². The molecule has 0 bridgehead atoms. The van der Waals surface area contributed by atoms with Gasteiger partial charge in [0.25, 0.3) is 11.5 Å². The number of piperidine rings is 2. The highest BCUT2D eigenvalue weighted by Gasteiger charge is 2.42. The number of H-pyrrole nitrogens is 1. The van der Waals surface area contributed by atoms with Gasteiger partial charge in [-0.05, 0) is 31.6 Å². The van der Waals surface area contributed by atoms with Crippen LogP contribution < -0.4 is 5.56 Å². The summed E-state index contributed by atoms with van der Waals surface area (Å²) in [5, 5.41) is 0. The van der Waals surface area contributed by atoms with E-state index < -0.39 is 0 Å². The molecule has 142 valence electrons. The van der Waals surface area contributed by atoms with Crippen LogP contribution in [0, 0.1) is 11.3 Å². The highest BCUT2D eigenvalue weighted by atomic mass is 16.2. The molecule has 0 saturated carbocycles. The van der Waals surface area contributed by atoms with E-state index in [0.717, 1.165) is 45.0 Å². The quantitative estimate of drug-likeness (QED) is 0.885. The van der Waals surface area contributed by atoms with Crippen molar-refractivity contribution in [2.75, 3.05) is 26.2 Å². The third-order valence-corrected chi connectivity index (χ3v) is 5.56. The molecule has 2 amide bonds. The summed E-state index contributed by atoms with van der Waals surface area (Å²) in [5.41, 5.74) is -0.0606. The van der Waals surface area contributed by atoms with Crippen LogP contribution in [0.15, 0.2) is 17.2 Å². The van der Waals surface area contributed by atoms with Crippen LogP contribution in [0.4, 0.5) is 0 Å². The predicted octanol–water partition coefficient (Wildman–Crippen LogP) is 1.66. The van der Waals surface area contributed by atoms with Crippen molar-refractivity contribution < 1.29 is 9.59 Å². The summed E-state index contributed by atoms with van der Waals surface area (Å²) in [5.74, 6) is 0.657. The maximum Gasteiger partial charge on any atom is 0.273 e. The number of hydrogen-bond acceptors (Lipinski definition) is 4. The fourth-order valence-electron chi connectivity index (χ4n) is 4.06. The normalized spacial score (nSPS) is 23.7. The van der Waals surface area contributed by atoms with Crippen molar-refractivity contribution in [1.29, 1.82) is 0 Å². The van der Waals surface area contributed by atoms with Gasteiger partial charge in [-0.3, -0.25) is 14.4 Å². The van der Waals surface area contributed by atoms with Crippen LogP contribution in [0.3, 0.4) is 0 Å². The Balaban J connectivity index is 1.70. The molecular weight excluding hydrogens is 332 g/mol. The molecule has 1 spiro atoms. The van der Waals surface area contributed by atoms with E-state index in [-0.39, 0.29) is 28.5 Å².